The van der Waals surface area contributed by atoms with Gasteiger partial charge in [-0.05, 0) is 100 Å². The van der Waals surface area contributed by atoms with E-state index in [1.807, 2.05) is 36.4 Å². The molecule has 2 nitrogen and oxygen atoms in total. The lowest BCUT2D eigenvalue weighted by atomic mass is 9.62. The number of fused-ring (bicyclic) bond motifs is 3. The first-order valence-corrected chi connectivity index (χ1v) is 16.8. The standard InChI is InChI=1S/C46H37NO/c1-31(34-17-7-4-8-18-34)29-36(35-19-9-5-10-20-35)30-32(2)46(37-21-11-6-12-22-37)40-24-14-13-23-39(40)44-33(3)38(27-28-41(44)46)45-47-42-25-15-16-26-43(42)48-45/h4,6-7,9,11-17,19-30,32,38H,3,5,10H2,1-2H3/b31-29+,36-30+. The van der Waals surface area contributed by atoms with E-state index in [1.54, 1.807) is 0 Å². The molecule has 0 amide bonds. The Labute approximate surface area is 283 Å². The summed E-state index contributed by atoms with van der Waals surface area (Å²) in [5.41, 5.74) is 13.2. The Morgan fingerprint density at radius 3 is 2.56 bits per heavy atom. The maximum Gasteiger partial charge on any atom is 0.206 e. The van der Waals surface area contributed by atoms with Crippen molar-refractivity contribution in [2.75, 3.05) is 0 Å². The largest absolute Gasteiger partial charge is 0.440 e. The fraction of sp³-hybridized carbons (Fsp3) is 0.152. The molecule has 0 spiro atoms. The maximum absolute atomic E-state index is 6.31. The van der Waals surface area contributed by atoms with E-state index < -0.39 is 5.41 Å². The molecule has 3 atom stereocenters. The molecule has 0 saturated carbocycles. The van der Waals surface area contributed by atoms with Gasteiger partial charge < -0.3 is 4.42 Å². The topological polar surface area (TPSA) is 26.0 Å². The van der Waals surface area contributed by atoms with Crippen molar-refractivity contribution < 1.29 is 4.42 Å². The Morgan fingerprint density at radius 2 is 1.77 bits per heavy atom. The molecule has 0 fully saturated rings. The molecule has 232 valence electrons. The first-order chi connectivity index (χ1) is 23.6. The van der Waals surface area contributed by atoms with E-state index in [2.05, 4.69) is 129 Å². The summed E-state index contributed by atoms with van der Waals surface area (Å²) in [5.74, 6) is 0.605. The van der Waals surface area contributed by atoms with Crippen molar-refractivity contribution in [2.24, 2.45) is 5.92 Å². The van der Waals surface area contributed by atoms with Gasteiger partial charge in [-0.3, -0.25) is 0 Å². The van der Waals surface area contributed by atoms with Gasteiger partial charge in [0.25, 0.3) is 0 Å². The molecular formula is C46H37NO. The van der Waals surface area contributed by atoms with E-state index in [4.69, 9.17) is 16.0 Å². The molecule has 5 aromatic rings. The van der Waals surface area contributed by atoms with E-state index in [0.717, 1.165) is 40.7 Å². The number of oxazole rings is 1. The van der Waals surface area contributed by atoms with Crippen molar-refractivity contribution in [1.82, 2.24) is 4.98 Å². The van der Waals surface area contributed by atoms with Crippen LogP contribution in [-0.2, 0) is 5.41 Å². The average Bonchev–Trinajstić information content (AvgIpc) is 3.71. The van der Waals surface area contributed by atoms with Gasteiger partial charge >= 0.3 is 0 Å². The van der Waals surface area contributed by atoms with Crippen molar-refractivity contribution in [3.05, 3.63) is 209 Å². The molecule has 0 bridgehead atoms. The zero-order valence-corrected chi connectivity index (χ0v) is 27.4. The van der Waals surface area contributed by atoms with Crippen LogP contribution in [0.5, 0.6) is 0 Å². The molecule has 48 heavy (non-hydrogen) atoms. The minimum absolute atomic E-state index is 0.0773. The summed E-state index contributed by atoms with van der Waals surface area (Å²) >= 11 is 0. The number of allylic oxidation sites excluding steroid dienone is 13. The van der Waals surface area contributed by atoms with Crippen LogP contribution in [0.1, 0.15) is 60.8 Å². The zero-order valence-electron chi connectivity index (χ0n) is 27.4. The van der Waals surface area contributed by atoms with Crippen molar-refractivity contribution in [1.29, 1.82) is 0 Å². The van der Waals surface area contributed by atoms with Crippen LogP contribution in [-0.4, -0.2) is 4.98 Å². The van der Waals surface area contributed by atoms with Crippen molar-refractivity contribution >= 4 is 22.2 Å². The fourth-order valence-corrected chi connectivity index (χ4v) is 7.92. The van der Waals surface area contributed by atoms with Crippen LogP contribution in [0, 0.1) is 18.1 Å². The average molecular weight is 620 g/mol. The highest BCUT2D eigenvalue weighted by molar-refractivity contribution is 5.95. The summed E-state index contributed by atoms with van der Waals surface area (Å²) in [4.78, 5) is 4.90. The minimum Gasteiger partial charge on any atom is -0.440 e. The Balaban J connectivity index is 1.32. The normalized spacial score (nSPS) is 21.2. The zero-order chi connectivity index (χ0) is 32.7. The molecule has 3 aliphatic rings. The van der Waals surface area contributed by atoms with Crippen LogP contribution in [0.25, 0.3) is 22.2 Å². The summed E-state index contributed by atoms with van der Waals surface area (Å²) in [6.45, 7) is 9.30. The van der Waals surface area contributed by atoms with Gasteiger partial charge in [0.05, 0.1) is 11.3 Å². The quantitative estimate of drug-likeness (QED) is 0.169. The van der Waals surface area contributed by atoms with E-state index >= 15 is 0 Å². The fourth-order valence-electron chi connectivity index (χ4n) is 7.92. The molecule has 8 rings (SSSR count). The van der Waals surface area contributed by atoms with Gasteiger partial charge in [-0.25, -0.2) is 4.98 Å². The van der Waals surface area contributed by atoms with Gasteiger partial charge in [-0.15, -0.1) is 0 Å². The van der Waals surface area contributed by atoms with Crippen LogP contribution in [0.2, 0.25) is 0 Å². The van der Waals surface area contributed by atoms with E-state index in [9.17, 15) is 0 Å². The van der Waals surface area contributed by atoms with Crippen molar-refractivity contribution in [2.45, 2.75) is 38.0 Å². The van der Waals surface area contributed by atoms with Gasteiger partial charge in [-0.2, -0.15) is 0 Å². The molecule has 0 aliphatic heterocycles. The maximum atomic E-state index is 6.31. The second-order valence-electron chi connectivity index (χ2n) is 13.0. The minimum atomic E-state index is -0.447. The molecule has 4 aromatic carbocycles. The second-order valence-corrected chi connectivity index (χ2v) is 13.0. The summed E-state index contributed by atoms with van der Waals surface area (Å²) < 4.78 is 6.31. The van der Waals surface area contributed by atoms with Crippen molar-refractivity contribution in [3.63, 3.8) is 0 Å². The summed E-state index contributed by atoms with van der Waals surface area (Å²) in [6.07, 6.45) is 18.4. The first kappa shape index (κ1) is 29.7. The molecule has 1 aromatic heterocycles. The molecule has 1 heterocycles. The lowest BCUT2D eigenvalue weighted by molar-refractivity contribution is 0.485. The Morgan fingerprint density at radius 1 is 0.958 bits per heavy atom. The van der Waals surface area contributed by atoms with Gasteiger partial charge in [0.2, 0.25) is 5.89 Å². The molecule has 3 aliphatic carbocycles. The highest BCUT2D eigenvalue weighted by Gasteiger charge is 2.50. The third kappa shape index (κ3) is 4.86. The predicted molar refractivity (Wildman–Crippen MR) is 197 cm³/mol. The summed E-state index contributed by atoms with van der Waals surface area (Å²) in [6, 6.07) is 40.3. The smallest absolute Gasteiger partial charge is 0.206 e. The SMILES string of the molecule is C=C1C2=C(C=CC1c1nc3ccccc3o1)C(c1ccccc1)(C(C)/C=C(\C=C(/C)c1c#cccc1)C1=CCCC=C1)c1ccccc12. The van der Waals surface area contributed by atoms with Gasteiger partial charge in [-0.1, -0.05) is 141 Å². The highest BCUT2D eigenvalue weighted by Crippen LogP contribution is 2.60. The second kappa shape index (κ2) is 12.2. The molecule has 0 N–H and O–H groups in total. The number of nitrogens with zero attached hydrogens (tertiary/aromatic N) is 1. The molecule has 0 radical (unpaired) electrons. The summed E-state index contributed by atoms with van der Waals surface area (Å²) in [7, 11) is 0. The Hall–Kier alpha value is -5.65. The predicted octanol–water partition coefficient (Wildman–Crippen LogP) is 11.3. The Kier molecular flexibility index (Phi) is 7.54. The number of hydrogen-bond donors (Lipinski definition) is 0. The monoisotopic (exact) mass is 619 g/mol. The number of rotatable bonds is 7. The third-order valence-corrected chi connectivity index (χ3v) is 10.2. The summed E-state index contributed by atoms with van der Waals surface area (Å²) in [5, 5.41) is 0. The molecule has 3 unspecified atom stereocenters. The molecule has 0 saturated heterocycles. The lowest BCUT2D eigenvalue weighted by Crippen LogP contribution is -2.35. The first-order valence-electron chi connectivity index (χ1n) is 16.8. The lowest BCUT2D eigenvalue weighted by Gasteiger charge is -2.39. The number of hydrogen-bond acceptors (Lipinski definition) is 2. The third-order valence-electron chi connectivity index (χ3n) is 10.2. The van der Waals surface area contributed by atoms with Crippen LogP contribution < -0.4 is 0 Å². The van der Waals surface area contributed by atoms with Gasteiger partial charge in [0.15, 0.2) is 5.58 Å². The molecule has 2 heteroatoms. The van der Waals surface area contributed by atoms with Crippen LogP contribution in [0.4, 0.5) is 0 Å². The van der Waals surface area contributed by atoms with E-state index in [0.29, 0.717) is 5.89 Å². The number of aromatic nitrogens is 1. The number of benzene rings is 3. The Bertz CT molecular complexity index is 2190. The van der Waals surface area contributed by atoms with Crippen LogP contribution >= 0.6 is 0 Å². The van der Waals surface area contributed by atoms with Crippen LogP contribution in [0.15, 0.2) is 173 Å². The number of para-hydroxylation sites is 2. The van der Waals surface area contributed by atoms with Gasteiger partial charge in [0, 0.05) is 5.56 Å². The molecular weight excluding hydrogens is 583 g/mol. The van der Waals surface area contributed by atoms with E-state index in [1.165, 1.54) is 39.0 Å². The van der Waals surface area contributed by atoms with Gasteiger partial charge in [0.1, 0.15) is 5.52 Å². The van der Waals surface area contributed by atoms with Crippen molar-refractivity contribution in [3.8, 4) is 0 Å². The van der Waals surface area contributed by atoms with Crippen LogP contribution in [0.3, 0.4) is 0 Å². The highest BCUT2D eigenvalue weighted by atomic mass is 16.3. The van der Waals surface area contributed by atoms with E-state index in [-0.39, 0.29) is 11.8 Å².